The molecule has 0 aromatic rings. The molecule has 2 amide bonds. The molecule has 3 unspecified atom stereocenters. The number of piperazine rings is 1. The molecule has 1 heterocycles. The first-order valence-electron chi connectivity index (χ1n) is 8.47. The van der Waals surface area contributed by atoms with Crippen LogP contribution in [-0.2, 0) is 9.59 Å². The lowest BCUT2D eigenvalue weighted by molar-refractivity contribution is -0.152. The van der Waals surface area contributed by atoms with E-state index >= 15 is 0 Å². The van der Waals surface area contributed by atoms with Gasteiger partial charge >= 0.3 is 0 Å². The monoisotopic (exact) mass is 294 g/mol. The largest absolute Gasteiger partial charge is 0.342 e. The van der Waals surface area contributed by atoms with E-state index in [2.05, 4.69) is 26.1 Å². The summed E-state index contributed by atoms with van der Waals surface area (Å²) in [6.45, 7) is 11.3. The van der Waals surface area contributed by atoms with Crippen LogP contribution in [0.25, 0.3) is 0 Å². The Morgan fingerprint density at radius 1 is 1.24 bits per heavy atom. The van der Waals surface area contributed by atoms with Gasteiger partial charge in [-0.05, 0) is 36.5 Å². The molecule has 2 aliphatic rings. The van der Waals surface area contributed by atoms with Crippen molar-refractivity contribution in [3.8, 4) is 0 Å². The third-order valence-electron chi connectivity index (χ3n) is 5.73. The van der Waals surface area contributed by atoms with Gasteiger partial charge in [-0.25, -0.2) is 0 Å². The van der Waals surface area contributed by atoms with Crippen LogP contribution in [0.3, 0.4) is 0 Å². The van der Waals surface area contributed by atoms with Crippen molar-refractivity contribution in [3.05, 3.63) is 0 Å². The highest BCUT2D eigenvalue weighted by Crippen LogP contribution is 2.52. The van der Waals surface area contributed by atoms with E-state index in [4.69, 9.17) is 0 Å². The van der Waals surface area contributed by atoms with Gasteiger partial charge in [0.1, 0.15) is 12.1 Å². The van der Waals surface area contributed by atoms with E-state index in [1.54, 1.807) is 0 Å². The normalized spacial score (nSPS) is 29.5. The van der Waals surface area contributed by atoms with Gasteiger partial charge in [-0.15, -0.1) is 0 Å². The Bertz CT molecular complexity index is 415. The van der Waals surface area contributed by atoms with Crippen molar-refractivity contribution in [3.63, 3.8) is 0 Å². The topological polar surface area (TPSA) is 49.4 Å². The average molecular weight is 294 g/mol. The average Bonchev–Trinajstić information content (AvgIpc) is 3.23. The molecule has 0 bridgehead atoms. The van der Waals surface area contributed by atoms with Gasteiger partial charge in [0, 0.05) is 6.54 Å². The molecule has 1 aliphatic carbocycles. The third-order valence-corrected chi connectivity index (χ3v) is 5.73. The Kier molecular flexibility index (Phi) is 4.64. The highest BCUT2D eigenvalue weighted by atomic mass is 16.2. The predicted octanol–water partition coefficient (Wildman–Crippen LogP) is 2.57. The fourth-order valence-electron chi connectivity index (χ4n) is 3.42. The van der Waals surface area contributed by atoms with E-state index < -0.39 is 0 Å². The molecule has 21 heavy (non-hydrogen) atoms. The molecule has 0 radical (unpaired) electrons. The lowest BCUT2D eigenvalue weighted by Crippen LogP contribution is -2.65. The van der Waals surface area contributed by atoms with Gasteiger partial charge in [0.25, 0.3) is 0 Å². The highest BCUT2D eigenvalue weighted by Gasteiger charge is 2.51. The van der Waals surface area contributed by atoms with Crippen molar-refractivity contribution in [2.45, 2.75) is 72.4 Å². The summed E-state index contributed by atoms with van der Waals surface area (Å²) in [6.07, 6.45) is 3.95. The molecule has 0 aromatic carbocycles. The maximum absolute atomic E-state index is 12.9. The Balaban J connectivity index is 2.21. The molecule has 1 saturated heterocycles. The summed E-state index contributed by atoms with van der Waals surface area (Å²) in [7, 11) is 0. The van der Waals surface area contributed by atoms with Gasteiger partial charge in [0.2, 0.25) is 11.8 Å². The number of rotatable bonds is 6. The van der Waals surface area contributed by atoms with Gasteiger partial charge in [0.15, 0.2) is 0 Å². The van der Waals surface area contributed by atoms with Crippen LogP contribution >= 0.6 is 0 Å². The van der Waals surface area contributed by atoms with E-state index in [0.717, 1.165) is 13.0 Å². The van der Waals surface area contributed by atoms with Crippen LogP contribution in [0.15, 0.2) is 0 Å². The molecule has 1 saturated carbocycles. The van der Waals surface area contributed by atoms with E-state index in [-0.39, 0.29) is 35.2 Å². The summed E-state index contributed by atoms with van der Waals surface area (Å²) in [5, 5.41) is 2.95. The summed E-state index contributed by atoms with van der Waals surface area (Å²) < 4.78 is 0. The van der Waals surface area contributed by atoms with Gasteiger partial charge in [-0.3, -0.25) is 9.59 Å². The molecule has 0 aromatic heterocycles. The minimum absolute atomic E-state index is 0.0296. The van der Waals surface area contributed by atoms with E-state index in [0.29, 0.717) is 12.3 Å². The zero-order chi connectivity index (χ0) is 15.8. The number of hydrogen-bond acceptors (Lipinski definition) is 2. The van der Waals surface area contributed by atoms with Crippen LogP contribution in [0, 0.1) is 17.3 Å². The van der Waals surface area contributed by atoms with Gasteiger partial charge in [-0.1, -0.05) is 41.0 Å². The molecule has 2 rings (SSSR count). The van der Waals surface area contributed by atoms with Crippen LogP contribution in [0.5, 0.6) is 0 Å². The Morgan fingerprint density at radius 3 is 2.29 bits per heavy atom. The number of hydrogen-bond donors (Lipinski definition) is 1. The van der Waals surface area contributed by atoms with Crippen molar-refractivity contribution in [1.29, 1.82) is 0 Å². The molecular formula is C17H30N2O2. The number of nitrogens with one attached hydrogen (secondary N) is 1. The van der Waals surface area contributed by atoms with E-state index in [1.807, 2.05) is 18.7 Å². The fraction of sp³-hybridized carbons (Fsp3) is 0.882. The van der Waals surface area contributed by atoms with Gasteiger partial charge in [0.05, 0.1) is 0 Å². The first-order chi connectivity index (χ1) is 9.86. The summed E-state index contributed by atoms with van der Waals surface area (Å²) >= 11 is 0. The predicted molar refractivity (Wildman–Crippen MR) is 83.7 cm³/mol. The minimum Gasteiger partial charge on any atom is -0.342 e. The molecule has 1 aliphatic heterocycles. The lowest BCUT2D eigenvalue weighted by Gasteiger charge is -2.42. The van der Waals surface area contributed by atoms with Crippen molar-refractivity contribution in [1.82, 2.24) is 10.2 Å². The smallest absolute Gasteiger partial charge is 0.246 e. The Hall–Kier alpha value is -1.06. The Morgan fingerprint density at radius 2 is 1.86 bits per heavy atom. The summed E-state index contributed by atoms with van der Waals surface area (Å²) in [5.74, 6) is 0.912. The minimum atomic E-state index is -0.340. The second-order valence-electron chi connectivity index (χ2n) is 7.28. The van der Waals surface area contributed by atoms with E-state index in [1.165, 1.54) is 12.8 Å². The highest BCUT2D eigenvalue weighted by molar-refractivity contribution is 5.97. The summed E-state index contributed by atoms with van der Waals surface area (Å²) in [5.41, 5.74) is 0.251. The number of carbonyl (C=O) groups excluding carboxylic acids is 2. The second-order valence-corrected chi connectivity index (χ2v) is 7.28. The summed E-state index contributed by atoms with van der Waals surface area (Å²) in [6, 6.07) is -0.623. The van der Waals surface area contributed by atoms with Crippen molar-refractivity contribution >= 4 is 11.8 Å². The fourth-order valence-corrected chi connectivity index (χ4v) is 3.42. The van der Waals surface area contributed by atoms with Crippen molar-refractivity contribution in [2.75, 3.05) is 6.54 Å². The third kappa shape index (κ3) is 2.95. The number of carbonyl (C=O) groups is 2. The standard InChI is InChI=1S/C17H30N2O2/c1-6-12(5)14-16(21)19(13(7-2)15(20)18-14)10-17(8-9-17)11(3)4/h11-14H,6-10H2,1-5H3,(H,18,20). The van der Waals surface area contributed by atoms with Gasteiger partial charge < -0.3 is 10.2 Å². The first kappa shape index (κ1) is 16.3. The quantitative estimate of drug-likeness (QED) is 0.818. The van der Waals surface area contributed by atoms with Crippen LogP contribution in [-0.4, -0.2) is 35.3 Å². The lowest BCUT2D eigenvalue weighted by atomic mass is 9.88. The van der Waals surface area contributed by atoms with E-state index in [9.17, 15) is 9.59 Å². The number of amides is 2. The maximum Gasteiger partial charge on any atom is 0.246 e. The molecule has 4 heteroatoms. The van der Waals surface area contributed by atoms with Crippen LogP contribution < -0.4 is 5.32 Å². The molecule has 120 valence electrons. The maximum atomic E-state index is 12.9. The van der Waals surface area contributed by atoms with Crippen molar-refractivity contribution in [2.24, 2.45) is 17.3 Å². The van der Waals surface area contributed by atoms with Crippen LogP contribution in [0.1, 0.15) is 60.3 Å². The molecule has 2 fully saturated rings. The SMILES string of the molecule is CCC(C)C1NC(=O)C(CC)N(CC2(C(C)C)CC2)C1=O. The number of nitrogens with zero attached hydrogens (tertiary/aromatic N) is 1. The van der Waals surface area contributed by atoms with Gasteiger partial charge in [-0.2, -0.15) is 0 Å². The zero-order valence-electron chi connectivity index (χ0n) is 14.1. The zero-order valence-corrected chi connectivity index (χ0v) is 14.1. The van der Waals surface area contributed by atoms with Crippen LogP contribution in [0.2, 0.25) is 0 Å². The van der Waals surface area contributed by atoms with Crippen LogP contribution in [0.4, 0.5) is 0 Å². The summed E-state index contributed by atoms with van der Waals surface area (Å²) in [4.78, 5) is 27.2. The Labute approximate surface area is 128 Å². The molecule has 4 nitrogen and oxygen atoms in total. The molecular weight excluding hydrogens is 264 g/mol. The van der Waals surface area contributed by atoms with Crippen molar-refractivity contribution < 1.29 is 9.59 Å². The first-order valence-corrected chi connectivity index (χ1v) is 8.47. The molecule has 3 atom stereocenters. The second kappa shape index (κ2) is 5.98. The molecule has 0 spiro atoms. The molecule has 1 N–H and O–H groups in total.